The number of nitrogens with zero attached hydrogens (tertiary/aromatic N) is 1. The summed E-state index contributed by atoms with van der Waals surface area (Å²) in [7, 11) is 0. The van der Waals surface area contributed by atoms with Crippen LogP contribution in [-0.2, 0) is 9.53 Å². The second-order valence-electron chi connectivity index (χ2n) is 6.48. The molecule has 1 atom stereocenters. The molecule has 0 aromatic heterocycles. The van der Waals surface area contributed by atoms with Gasteiger partial charge in [0.2, 0.25) is 0 Å². The Morgan fingerprint density at radius 3 is 2.80 bits per heavy atom. The lowest BCUT2D eigenvalue weighted by atomic mass is 10.1. The SMILES string of the molecule is CC(C)(C)OC(=O)C1CCC2=c3ccccc3=CCN21. The van der Waals surface area contributed by atoms with Crippen molar-refractivity contribution < 1.29 is 9.53 Å². The van der Waals surface area contributed by atoms with E-state index in [4.69, 9.17) is 4.74 Å². The largest absolute Gasteiger partial charge is 0.458 e. The Bertz CT molecular complexity index is 654. The van der Waals surface area contributed by atoms with Crippen LogP contribution in [0.3, 0.4) is 0 Å². The van der Waals surface area contributed by atoms with Crippen LogP contribution < -0.4 is 10.4 Å². The van der Waals surface area contributed by atoms with Crippen LogP contribution in [0.1, 0.15) is 33.6 Å². The fraction of sp³-hybridized carbons (Fsp3) is 0.471. The number of carbonyl (C=O) groups is 1. The number of fused-ring (bicyclic) bond motifs is 2. The van der Waals surface area contributed by atoms with Gasteiger partial charge >= 0.3 is 5.97 Å². The summed E-state index contributed by atoms with van der Waals surface area (Å²) in [5.41, 5.74) is 0.871. The molecule has 3 nitrogen and oxygen atoms in total. The number of carbonyl (C=O) groups excluding carboxylic acids is 1. The molecule has 2 heterocycles. The summed E-state index contributed by atoms with van der Waals surface area (Å²) in [6.07, 6.45) is 4.00. The summed E-state index contributed by atoms with van der Waals surface area (Å²) in [5, 5.41) is 2.55. The molecular formula is C17H21NO2. The van der Waals surface area contributed by atoms with Gasteiger partial charge in [0.05, 0.1) is 0 Å². The predicted molar refractivity (Wildman–Crippen MR) is 79.1 cm³/mol. The first-order valence-electron chi connectivity index (χ1n) is 7.24. The van der Waals surface area contributed by atoms with Gasteiger partial charge in [-0.3, -0.25) is 0 Å². The molecule has 106 valence electrons. The van der Waals surface area contributed by atoms with Crippen molar-refractivity contribution in [2.24, 2.45) is 0 Å². The summed E-state index contributed by atoms with van der Waals surface area (Å²) in [5.74, 6) is -0.0970. The third-order valence-corrected chi connectivity index (χ3v) is 3.84. The molecule has 2 aliphatic rings. The Labute approximate surface area is 119 Å². The minimum absolute atomic E-state index is 0.0970. The first-order valence-corrected chi connectivity index (χ1v) is 7.24. The van der Waals surface area contributed by atoms with Gasteiger partial charge in [0.15, 0.2) is 0 Å². The normalized spacial score (nSPS) is 21.1. The Hall–Kier alpha value is -1.77. The van der Waals surface area contributed by atoms with Crippen molar-refractivity contribution in [1.82, 2.24) is 4.90 Å². The van der Waals surface area contributed by atoms with Gasteiger partial charge in [0.25, 0.3) is 0 Å². The van der Waals surface area contributed by atoms with Crippen LogP contribution >= 0.6 is 0 Å². The zero-order valence-electron chi connectivity index (χ0n) is 12.3. The smallest absolute Gasteiger partial charge is 0.329 e. The molecule has 3 heteroatoms. The molecular weight excluding hydrogens is 250 g/mol. The fourth-order valence-electron chi connectivity index (χ4n) is 3.04. The zero-order chi connectivity index (χ0) is 14.3. The van der Waals surface area contributed by atoms with Crippen molar-refractivity contribution >= 4 is 17.7 Å². The zero-order valence-corrected chi connectivity index (χ0v) is 12.3. The number of esters is 1. The van der Waals surface area contributed by atoms with E-state index in [1.54, 1.807) is 0 Å². The molecule has 0 amide bonds. The number of hydrogen-bond donors (Lipinski definition) is 0. The van der Waals surface area contributed by atoms with Gasteiger partial charge in [-0.1, -0.05) is 30.3 Å². The van der Waals surface area contributed by atoms with Gasteiger partial charge in [-0.25, -0.2) is 4.79 Å². The molecule has 0 aliphatic carbocycles. The van der Waals surface area contributed by atoms with Gasteiger partial charge in [-0.05, 0) is 38.8 Å². The highest BCUT2D eigenvalue weighted by molar-refractivity contribution is 5.79. The van der Waals surface area contributed by atoms with Crippen LogP contribution in [0.25, 0.3) is 11.8 Å². The van der Waals surface area contributed by atoms with E-state index in [9.17, 15) is 4.79 Å². The van der Waals surface area contributed by atoms with Crippen molar-refractivity contribution in [2.75, 3.05) is 6.54 Å². The lowest BCUT2D eigenvalue weighted by molar-refractivity contribution is -0.159. The van der Waals surface area contributed by atoms with Crippen LogP contribution in [0, 0.1) is 0 Å². The van der Waals surface area contributed by atoms with Gasteiger partial charge in [0, 0.05) is 17.5 Å². The predicted octanol–water partition coefficient (Wildman–Crippen LogP) is 1.40. The molecule has 1 saturated heterocycles. The lowest BCUT2D eigenvalue weighted by Crippen LogP contribution is -2.44. The summed E-state index contributed by atoms with van der Waals surface area (Å²) in [4.78, 5) is 14.5. The van der Waals surface area contributed by atoms with Crippen molar-refractivity contribution in [2.45, 2.75) is 45.3 Å². The minimum atomic E-state index is -0.419. The molecule has 20 heavy (non-hydrogen) atoms. The molecule has 0 saturated carbocycles. The highest BCUT2D eigenvalue weighted by Crippen LogP contribution is 2.29. The van der Waals surface area contributed by atoms with E-state index in [0.29, 0.717) is 0 Å². The summed E-state index contributed by atoms with van der Waals surface area (Å²) >= 11 is 0. The average Bonchev–Trinajstić information content (AvgIpc) is 2.81. The average molecular weight is 271 g/mol. The number of rotatable bonds is 1. The van der Waals surface area contributed by atoms with E-state index in [-0.39, 0.29) is 12.0 Å². The second kappa shape index (κ2) is 4.65. The van der Waals surface area contributed by atoms with Crippen LogP contribution in [0.2, 0.25) is 0 Å². The summed E-state index contributed by atoms with van der Waals surface area (Å²) in [6.45, 7) is 6.56. The number of benzene rings is 1. The van der Waals surface area contributed by atoms with Crippen molar-refractivity contribution in [1.29, 1.82) is 0 Å². The number of ether oxygens (including phenoxy) is 1. The second-order valence-corrected chi connectivity index (χ2v) is 6.48. The molecule has 2 aliphatic heterocycles. The van der Waals surface area contributed by atoms with Gasteiger partial charge in [-0.2, -0.15) is 0 Å². The van der Waals surface area contributed by atoms with E-state index < -0.39 is 5.60 Å². The van der Waals surface area contributed by atoms with Crippen LogP contribution in [0.15, 0.2) is 24.3 Å². The highest BCUT2D eigenvalue weighted by atomic mass is 16.6. The Morgan fingerprint density at radius 2 is 2.05 bits per heavy atom. The summed E-state index contributed by atoms with van der Waals surface area (Å²) < 4.78 is 5.55. The topological polar surface area (TPSA) is 29.5 Å². The molecule has 1 aromatic rings. The lowest BCUT2D eigenvalue weighted by Gasteiger charge is -2.30. The standard InChI is InChI=1S/C17H21NO2/c1-17(2,3)20-16(19)15-9-8-14-13-7-5-4-6-12(13)10-11-18(14)15/h4-7,10,15H,8-9,11H2,1-3H3. The summed E-state index contributed by atoms with van der Waals surface area (Å²) in [6, 6.07) is 8.27. The Morgan fingerprint density at radius 1 is 1.30 bits per heavy atom. The number of hydrogen-bond acceptors (Lipinski definition) is 3. The highest BCUT2D eigenvalue weighted by Gasteiger charge is 2.36. The molecule has 0 bridgehead atoms. The third-order valence-electron chi connectivity index (χ3n) is 3.84. The maximum atomic E-state index is 12.3. The van der Waals surface area contributed by atoms with Crippen molar-refractivity contribution in [3.05, 3.63) is 34.7 Å². The molecule has 1 fully saturated rings. The van der Waals surface area contributed by atoms with Gasteiger partial charge in [0.1, 0.15) is 11.6 Å². The van der Waals surface area contributed by atoms with Crippen LogP contribution in [-0.4, -0.2) is 29.1 Å². The molecule has 3 rings (SSSR count). The van der Waals surface area contributed by atoms with Crippen molar-refractivity contribution in [3.63, 3.8) is 0 Å². The quantitative estimate of drug-likeness (QED) is 0.723. The van der Waals surface area contributed by atoms with E-state index >= 15 is 0 Å². The molecule has 0 N–H and O–H groups in total. The van der Waals surface area contributed by atoms with E-state index in [0.717, 1.165) is 19.4 Å². The third kappa shape index (κ3) is 2.33. The monoisotopic (exact) mass is 271 g/mol. The maximum Gasteiger partial charge on any atom is 0.329 e. The Balaban J connectivity index is 1.92. The van der Waals surface area contributed by atoms with E-state index in [1.165, 1.54) is 16.1 Å². The van der Waals surface area contributed by atoms with Gasteiger partial charge in [-0.15, -0.1) is 0 Å². The first kappa shape index (κ1) is 13.2. The fourth-order valence-corrected chi connectivity index (χ4v) is 3.04. The molecule has 0 spiro atoms. The van der Waals surface area contributed by atoms with Crippen LogP contribution in [0.5, 0.6) is 0 Å². The minimum Gasteiger partial charge on any atom is -0.458 e. The maximum absolute atomic E-state index is 12.3. The van der Waals surface area contributed by atoms with E-state index in [2.05, 4.69) is 35.2 Å². The van der Waals surface area contributed by atoms with Crippen LogP contribution in [0.4, 0.5) is 0 Å². The van der Waals surface area contributed by atoms with E-state index in [1.807, 2.05) is 20.8 Å². The molecule has 1 unspecified atom stereocenters. The molecule has 1 aromatic carbocycles. The Kier molecular flexibility index (Phi) is 3.08. The first-order chi connectivity index (χ1) is 9.46. The van der Waals surface area contributed by atoms with Gasteiger partial charge < -0.3 is 9.64 Å². The molecule has 0 radical (unpaired) electrons. The van der Waals surface area contributed by atoms with Crippen molar-refractivity contribution in [3.8, 4) is 0 Å².